The molecule has 0 radical (unpaired) electrons. The summed E-state index contributed by atoms with van der Waals surface area (Å²) in [4.78, 5) is 44.2. The fourth-order valence-corrected chi connectivity index (χ4v) is 7.39. The molecule has 3 amide bonds. The van der Waals surface area contributed by atoms with E-state index in [1.165, 1.54) is 43.4 Å². The van der Waals surface area contributed by atoms with E-state index in [2.05, 4.69) is 17.2 Å². The van der Waals surface area contributed by atoms with E-state index in [4.69, 9.17) is 0 Å². The molecule has 6 nitrogen and oxygen atoms in total. The van der Waals surface area contributed by atoms with Crippen LogP contribution in [0, 0.1) is 23.2 Å². The van der Waals surface area contributed by atoms with Gasteiger partial charge in [0, 0.05) is 24.0 Å². The highest BCUT2D eigenvalue weighted by Crippen LogP contribution is 2.61. The van der Waals surface area contributed by atoms with Gasteiger partial charge < -0.3 is 5.32 Å². The molecule has 4 bridgehead atoms. The fourth-order valence-electron chi connectivity index (χ4n) is 7.39. The first-order valence-corrected chi connectivity index (χ1v) is 12.1. The van der Waals surface area contributed by atoms with Crippen molar-refractivity contribution in [2.75, 3.05) is 0 Å². The summed E-state index contributed by atoms with van der Waals surface area (Å²) in [6.07, 6.45) is 11.1. The Morgan fingerprint density at radius 3 is 2.24 bits per heavy atom. The molecule has 0 saturated heterocycles. The fraction of sp³-hybridized carbons (Fsp3) is 0.481. The Hall–Kier alpha value is -3.02. The van der Waals surface area contributed by atoms with Crippen LogP contribution in [0.1, 0.15) is 82.1 Å². The summed E-state index contributed by atoms with van der Waals surface area (Å²) < 4.78 is 0. The van der Waals surface area contributed by atoms with Crippen molar-refractivity contribution in [3.05, 3.63) is 65.0 Å². The minimum atomic E-state index is -0.351. The Morgan fingerprint density at radius 1 is 1.00 bits per heavy atom. The predicted octanol–water partition coefficient (Wildman–Crippen LogP) is 4.21. The van der Waals surface area contributed by atoms with Crippen LogP contribution in [0.5, 0.6) is 0 Å². The van der Waals surface area contributed by atoms with Gasteiger partial charge in [-0.1, -0.05) is 0 Å². The summed E-state index contributed by atoms with van der Waals surface area (Å²) in [5.74, 6) is 1.65. The number of hydrogen-bond acceptors (Lipinski definition) is 4. The summed E-state index contributed by atoms with van der Waals surface area (Å²) in [7, 11) is 0. The van der Waals surface area contributed by atoms with E-state index in [0.29, 0.717) is 16.7 Å². The predicted molar refractivity (Wildman–Crippen MR) is 122 cm³/mol. The second kappa shape index (κ2) is 7.51. The first-order chi connectivity index (χ1) is 15.9. The molecule has 2 heterocycles. The van der Waals surface area contributed by atoms with E-state index >= 15 is 0 Å². The Balaban J connectivity index is 1.19. The zero-order valence-corrected chi connectivity index (χ0v) is 18.9. The maximum atomic E-state index is 13.2. The Labute approximate surface area is 193 Å². The summed E-state index contributed by atoms with van der Waals surface area (Å²) in [6.45, 7) is 2.35. The first-order valence-electron chi connectivity index (χ1n) is 12.1. The third-order valence-corrected chi connectivity index (χ3v) is 8.67. The highest BCUT2D eigenvalue weighted by molar-refractivity contribution is 6.22. The molecular weight excluding hydrogens is 414 g/mol. The molecule has 6 heteroatoms. The molecule has 5 aliphatic rings. The van der Waals surface area contributed by atoms with E-state index in [0.717, 1.165) is 23.3 Å². The maximum absolute atomic E-state index is 13.2. The Morgan fingerprint density at radius 2 is 1.61 bits per heavy atom. The number of hydrogen-bond donors (Lipinski definition) is 1. The van der Waals surface area contributed by atoms with Crippen LogP contribution in [0.3, 0.4) is 0 Å². The van der Waals surface area contributed by atoms with Gasteiger partial charge in [-0.05, 0) is 105 Å². The minimum absolute atomic E-state index is 0.104. The molecule has 0 spiro atoms. The number of fused-ring (bicyclic) bond motifs is 1. The van der Waals surface area contributed by atoms with Gasteiger partial charge in [0.15, 0.2) is 0 Å². The lowest BCUT2D eigenvalue weighted by molar-refractivity contribution is -0.0688. The smallest absolute Gasteiger partial charge is 0.261 e. The number of imide groups is 1. The first kappa shape index (κ1) is 20.6. The van der Waals surface area contributed by atoms with Gasteiger partial charge in [-0.2, -0.15) is 0 Å². The number of benzene rings is 1. The van der Waals surface area contributed by atoms with Crippen LogP contribution < -0.4 is 5.32 Å². The summed E-state index contributed by atoms with van der Waals surface area (Å²) in [5.41, 5.74) is 2.16. The van der Waals surface area contributed by atoms with Crippen molar-refractivity contribution in [3.63, 3.8) is 0 Å². The standard InChI is InChI=1S/C27H29N3O3/c1-16(27-12-18-8-19(13-27)10-20(9-18)14-27)29-24(31)21-2-3-22-23(11-21)26(33)30(25(22)32)15-17-4-6-28-7-5-17/h2-7,11,16,18-20H,8-10,12-15H2,1H3,(H,29,31). The van der Waals surface area contributed by atoms with E-state index in [-0.39, 0.29) is 35.7 Å². The van der Waals surface area contributed by atoms with Crippen LogP contribution in [-0.4, -0.2) is 33.6 Å². The molecule has 2 aromatic rings. The molecule has 1 aromatic heterocycles. The monoisotopic (exact) mass is 443 g/mol. The zero-order valence-electron chi connectivity index (χ0n) is 18.9. The largest absolute Gasteiger partial charge is 0.349 e. The number of rotatable bonds is 5. The number of pyridine rings is 1. The average Bonchev–Trinajstić information content (AvgIpc) is 3.03. The van der Waals surface area contributed by atoms with Crippen LogP contribution in [-0.2, 0) is 6.54 Å². The molecule has 7 rings (SSSR count). The van der Waals surface area contributed by atoms with Crippen LogP contribution in [0.2, 0.25) is 0 Å². The number of carbonyl (C=O) groups is 3. The van der Waals surface area contributed by atoms with Crippen LogP contribution >= 0.6 is 0 Å². The lowest BCUT2D eigenvalue weighted by Gasteiger charge is -2.59. The third kappa shape index (κ3) is 3.38. The highest BCUT2D eigenvalue weighted by atomic mass is 16.2. The molecule has 33 heavy (non-hydrogen) atoms. The van der Waals surface area contributed by atoms with E-state index in [9.17, 15) is 14.4 Å². The van der Waals surface area contributed by atoms with Crippen LogP contribution in [0.25, 0.3) is 0 Å². The molecular formula is C27H29N3O3. The molecule has 1 aromatic carbocycles. The van der Waals surface area contributed by atoms with Gasteiger partial charge in [0.25, 0.3) is 17.7 Å². The van der Waals surface area contributed by atoms with Gasteiger partial charge in [-0.15, -0.1) is 0 Å². The van der Waals surface area contributed by atoms with E-state index < -0.39 is 0 Å². The molecule has 1 unspecified atom stereocenters. The van der Waals surface area contributed by atoms with Gasteiger partial charge in [-0.25, -0.2) is 0 Å². The van der Waals surface area contributed by atoms with Gasteiger partial charge in [0.1, 0.15) is 0 Å². The second-order valence-corrected chi connectivity index (χ2v) is 10.8. The molecule has 1 atom stereocenters. The summed E-state index contributed by atoms with van der Waals surface area (Å²) in [6, 6.07) is 8.55. The Kier molecular flexibility index (Phi) is 4.68. The van der Waals surface area contributed by atoms with Crippen molar-refractivity contribution >= 4 is 17.7 Å². The SMILES string of the molecule is CC(NC(=O)c1ccc2c(c1)C(=O)N(Cc1ccncc1)C2=O)C12CC3CC(CC(C3)C1)C2. The molecule has 4 aliphatic carbocycles. The topological polar surface area (TPSA) is 79.4 Å². The number of nitrogens with zero attached hydrogens (tertiary/aromatic N) is 2. The molecule has 4 saturated carbocycles. The van der Waals surface area contributed by atoms with Crippen molar-refractivity contribution in [3.8, 4) is 0 Å². The van der Waals surface area contributed by atoms with E-state index in [1.807, 2.05) is 0 Å². The maximum Gasteiger partial charge on any atom is 0.261 e. The molecule has 170 valence electrons. The van der Waals surface area contributed by atoms with Crippen LogP contribution in [0.15, 0.2) is 42.7 Å². The third-order valence-electron chi connectivity index (χ3n) is 8.67. The quantitative estimate of drug-likeness (QED) is 0.702. The second-order valence-electron chi connectivity index (χ2n) is 10.8. The number of amides is 3. The van der Waals surface area contributed by atoms with Gasteiger partial charge >= 0.3 is 0 Å². The minimum Gasteiger partial charge on any atom is -0.349 e. The van der Waals surface area contributed by atoms with Crippen LogP contribution in [0.4, 0.5) is 0 Å². The lowest BCUT2D eigenvalue weighted by Crippen LogP contribution is -2.55. The molecule has 1 aliphatic heterocycles. The average molecular weight is 444 g/mol. The van der Waals surface area contributed by atoms with E-state index in [1.54, 1.807) is 42.7 Å². The van der Waals surface area contributed by atoms with Crippen molar-refractivity contribution in [1.82, 2.24) is 15.2 Å². The van der Waals surface area contributed by atoms with Gasteiger partial charge in [0.05, 0.1) is 17.7 Å². The number of nitrogens with one attached hydrogen (secondary N) is 1. The van der Waals surface area contributed by atoms with Crippen molar-refractivity contribution in [2.24, 2.45) is 23.2 Å². The van der Waals surface area contributed by atoms with Gasteiger partial charge in [-0.3, -0.25) is 24.3 Å². The molecule has 4 fully saturated rings. The van der Waals surface area contributed by atoms with Gasteiger partial charge in [0.2, 0.25) is 0 Å². The van der Waals surface area contributed by atoms with Crippen molar-refractivity contribution < 1.29 is 14.4 Å². The molecule has 1 N–H and O–H groups in total. The lowest BCUT2D eigenvalue weighted by atomic mass is 9.48. The Bertz CT molecular complexity index is 1110. The normalized spacial score (nSPS) is 30.5. The highest BCUT2D eigenvalue weighted by Gasteiger charge is 2.53. The number of aromatic nitrogens is 1. The summed E-state index contributed by atoms with van der Waals surface area (Å²) >= 11 is 0. The number of carbonyl (C=O) groups excluding carboxylic acids is 3. The zero-order chi connectivity index (χ0) is 22.7. The van der Waals surface area contributed by atoms with Crippen molar-refractivity contribution in [2.45, 2.75) is 58.0 Å². The van der Waals surface area contributed by atoms with Crippen molar-refractivity contribution in [1.29, 1.82) is 0 Å². The summed E-state index contributed by atoms with van der Waals surface area (Å²) in [5, 5.41) is 3.27.